The molecule has 1 rings (SSSR count). The molecule has 1 aromatic carbocycles. The smallest absolute Gasteiger partial charge is 0.00975 e. The minimum Gasteiger partial charge on any atom is -0.0879 e. The van der Waals surface area contributed by atoms with Crippen molar-refractivity contribution in [1.82, 2.24) is 0 Å². The van der Waals surface area contributed by atoms with Gasteiger partial charge in [-0.15, -0.1) is 0 Å². The zero-order valence-corrected chi connectivity index (χ0v) is 11.7. The molecule has 0 radical (unpaired) electrons. The van der Waals surface area contributed by atoms with Gasteiger partial charge in [-0.3, -0.25) is 0 Å². The maximum Gasteiger partial charge on any atom is -0.00975 e. The van der Waals surface area contributed by atoms with E-state index in [-0.39, 0.29) is 0 Å². The van der Waals surface area contributed by atoms with Gasteiger partial charge in [-0.05, 0) is 36.2 Å². The molecule has 0 amide bonds. The monoisotopic (exact) mass is 230 g/mol. The molecule has 0 heteroatoms. The predicted molar refractivity (Wildman–Crippen MR) is 77.1 cm³/mol. The van der Waals surface area contributed by atoms with Gasteiger partial charge in [0.05, 0.1) is 0 Å². The van der Waals surface area contributed by atoms with Crippen molar-refractivity contribution < 1.29 is 0 Å². The summed E-state index contributed by atoms with van der Waals surface area (Å²) >= 11 is 0. The van der Waals surface area contributed by atoms with E-state index in [2.05, 4.69) is 70.2 Å². The molecule has 0 aliphatic carbocycles. The molecule has 94 valence electrons. The van der Waals surface area contributed by atoms with Gasteiger partial charge in [-0.1, -0.05) is 70.2 Å². The van der Waals surface area contributed by atoms with E-state index >= 15 is 0 Å². The Kier molecular flexibility index (Phi) is 5.47. The van der Waals surface area contributed by atoms with Crippen LogP contribution in [0.15, 0.2) is 42.5 Å². The molecule has 0 spiro atoms. The first-order valence-corrected chi connectivity index (χ1v) is 6.66. The van der Waals surface area contributed by atoms with Crippen LogP contribution in [0.2, 0.25) is 0 Å². The van der Waals surface area contributed by atoms with E-state index in [0.717, 1.165) is 12.3 Å². The third kappa shape index (κ3) is 6.99. The highest BCUT2D eigenvalue weighted by molar-refractivity contribution is 5.17. The Morgan fingerprint density at radius 1 is 1.06 bits per heavy atom. The SMILES string of the molecule is CC(C/C=C/Cc1ccccc1)CC(C)(C)C. The Hall–Kier alpha value is -1.04. The zero-order valence-electron chi connectivity index (χ0n) is 11.7. The van der Waals surface area contributed by atoms with Crippen molar-refractivity contribution in [2.75, 3.05) is 0 Å². The van der Waals surface area contributed by atoms with Crippen LogP contribution in [0.5, 0.6) is 0 Å². The Morgan fingerprint density at radius 2 is 1.71 bits per heavy atom. The predicted octanol–water partition coefficient (Wildman–Crippen LogP) is 5.25. The van der Waals surface area contributed by atoms with E-state index < -0.39 is 0 Å². The van der Waals surface area contributed by atoms with Crippen LogP contribution >= 0.6 is 0 Å². The van der Waals surface area contributed by atoms with Crippen molar-refractivity contribution in [3.63, 3.8) is 0 Å². The molecule has 0 aromatic heterocycles. The third-order valence-electron chi connectivity index (χ3n) is 2.86. The highest BCUT2D eigenvalue weighted by Crippen LogP contribution is 2.26. The fourth-order valence-electron chi connectivity index (χ4n) is 2.29. The van der Waals surface area contributed by atoms with Gasteiger partial charge >= 0.3 is 0 Å². The number of hydrogen-bond acceptors (Lipinski definition) is 0. The largest absolute Gasteiger partial charge is 0.0879 e. The number of allylic oxidation sites excluding steroid dienone is 2. The Labute approximate surface area is 107 Å². The maximum atomic E-state index is 2.35. The second kappa shape index (κ2) is 6.64. The number of rotatable bonds is 5. The molecule has 1 aromatic rings. The van der Waals surface area contributed by atoms with Crippen LogP contribution in [-0.4, -0.2) is 0 Å². The molecule has 0 saturated carbocycles. The lowest BCUT2D eigenvalue weighted by atomic mass is 9.84. The molecule has 0 nitrogen and oxygen atoms in total. The van der Waals surface area contributed by atoms with Gasteiger partial charge in [-0.25, -0.2) is 0 Å². The van der Waals surface area contributed by atoms with Gasteiger partial charge in [0.2, 0.25) is 0 Å². The maximum absolute atomic E-state index is 2.35. The molecule has 0 N–H and O–H groups in total. The standard InChI is InChI=1S/C17H26/c1-15(14-17(2,3)4)10-8-9-13-16-11-6-5-7-12-16/h5-9,11-12,15H,10,13-14H2,1-4H3/b9-8+. The van der Waals surface area contributed by atoms with E-state index in [1.165, 1.54) is 18.4 Å². The number of benzene rings is 1. The number of hydrogen-bond donors (Lipinski definition) is 0. The summed E-state index contributed by atoms with van der Waals surface area (Å²) in [7, 11) is 0. The minimum atomic E-state index is 0.451. The van der Waals surface area contributed by atoms with Crippen LogP contribution in [0.3, 0.4) is 0 Å². The molecule has 0 aliphatic rings. The van der Waals surface area contributed by atoms with E-state index in [1.54, 1.807) is 0 Å². The molecule has 0 aliphatic heterocycles. The lowest BCUT2D eigenvalue weighted by Crippen LogP contribution is -2.10. The molecule has 17 heavy (non-hydrogen) atoms. The first kappa shape index (κ1) is 14.0. The second-order valence-corrected chi connectivity index (χ2v) is 6.27. The van der Waals surface area contributed by atoms with Crippen molar-refractivity contribution in [1.29, 1.82) is 0 Å². The summed E-state index contributed by atoms with van der Waals surface area (Å²) in [6.07, 6.45) is 8.19. The summed E-state index contributed by atoms with van der Waals surface area (Å²) in [6.45, 7) is 9.30. The normalized spacial score (nSPS) is 14.1. The summed E-state index contributed by atoms with van der Waals surface area (Å²) < 4.78 is 0. The van der Waals surface area contributed by atoms with Crippen molar-refractivity contribution in [2.45, 2.75) is 47.0 Å². The molecule has 0 bridgehead atoms. The molecular formula is C17H26. The van der Waals surface area contributed by atoms with Gasteiger partial charge in [0.15, 0.2) is 0 Å². The van der Waals surface area contributed by atoms with Gasteiger partial charge < -0.3 is 0 Å². The summed E-state index contributed by atoms with van der Waals surface area (Å²) in [5.41, 5.74) is 1.85. The molecular weight excluding hydrogens is 204 g/mol. The van der Waals surface area contributed by atoms with E-state index in [0.29, 0.717) is 5.41 Å². The fraction of sp³-hybridized carbons (Fsp3) is 0.529. The average molecular weight is 230 g/mol. The minimum absolute atomic E-state index is 0.451. The summed E-state index contributed by atoms with van der Waals surface area (Å²) in [5.74, 6) is 0.780. The Bertz CT molecular complexity index is 327. The van der Waals surface area contributed by atoms with E-state index in [1.807, 2.05) is 0 Å². The van der Waals surface area contributed by atoms with Crippen molar-refractivity contribution in [2.24, 2.45) is 11.3 Å². The Balaban J connectivity index is 2.27. The van der Waals surface area contributed by atoms with Crippen molar-refractivity contribution in [3.8, 4) is 0 Å². The van der Waals surface area contributed by atoms with Gasteiger partial charge in [0.25, 0.3) is 0 Å². The first-order chi connectivity index (χ1) is 7.97. The van der Waals surface area contributed by atoms with Crippen LogP contribution < -0.4 is 0 Å². The molecule has 0 fully saturated rings. The highest BCUT2D eigenvalue weighted by Gasteiger charge is 2.13. The van der Waals surface area contributed by atoms with Gasteiger partial charge in [-0.2, -0.15) is 0 Å². The van der Waals surface area contributed by atoms with Crippen LogP contribution in [-0.2, 0) is 6.42 Å². The topological polar surface area (TPSA) is 0 Å². The van der Waals surface area contributed by atoms with Gasteiger partial charge in [0.1, 0.15) is 0 Å². The van der Waals surface area contributed by atoms with E-state index in [4.69, 9.17) is 0 Å². The first-order valence-electron chi connectivity index (χ1n) is 6.66. The van der Waals surface area contributed by atoms with Crippen molar-refractivity contribution >= 4 is 0 Å². The highest BCUT2D eigenvalue weighted by atomic mass is 14.2. The van der Waals surface area contributed by atoms with Crippen LogP contribution in [0.25, 0.3) is 0 Å². The fourth-order valence-corrected chi connectivity index (χ4v) is 2.29. The molecule has 1 atom stereocenters. The lowest BCUT2D eigenvalue weighted by molar-refractivity contribution is 0.308. The third-order valence-corrected chi connectivity index (χ3v) is 2.86. The summed E-state index contributed by atoms with van der Waals surface area (Å²) in [6, 6.07) is 10.6. The van der Waals surface area contributed by atoms with Crippen LogP contribution in [0.4, 0.5) is 0 Å². The quantitative estimate of drug-likeness (QED) is 0.606. The van der Waals surface area contributed by atoms with Crippen LogP contribution in [0.1, 0.15) is 46.1 Å². The van der Waals surface area contributed by atoms with Gasteiger partial charge in [0, 0.05) is 0 Å². The molecule has 0 saturated heterocycles. The summed E-state index contributed by atoms with van der Waals surface area (Å²) in [5, 5.41) is 0. The molecule has 0 heterocycles. The average Bonchev–Trinajstić information content (AvgIpc) is 2.23. The van der Waals surface area contributed by atoms with E-state index in [9.17, 15) is 0 Å². The summed E-state index contributed by atoms with van der Waals surface area (Å²) in [4.78, 5) is 0. The molecule has 1 unspecified atom stereocenters. The second-order valence-electron chi connectivity index (χ2n) is 6.27. The Morgan fingerprint density at radius 3 is 2.29 bits per heavy atom. The van der Waals surface area contributed by atoms with Crippen molar-refractivity contribution in [3.05, 3.63) is 48.0 Å². The zero-order chi connectivity index (χ0) is 12.7. The van der Waals surface area contributed by atoms with Crippen LogP contribution in [0, 0.1) is 11.3 Å². The lowest BCUT2D eigenvalue weighted by Gasteiger charge is -2.22.